The number of hydrogen-bond donors (Lipinski definition) is 0. The molecule has 0 amide bonds. The number of hydrogen-bond acceptors (Lipinski definition) is 4. The number of nitrogens with zero attached hydrogens (tertiary/aromatic N) is 1. The molecule has 0 N–H and O–H groups in total. The van der Waals surface area contributed by atoms with E-state index in [1.165, 1.54) is 12.1 Å². The normalized spacial score (nSPS) is 12.0. The van der Waals surface area contributed by atoms with Gasteiger partial charge in [-0.25, -0.2) is 8.42 Å². The monoisotopic (exact) mass is 457 g/mol. The fourth-order valence-corrected chi connectivity index (χ4v) is 4.06. The molecule has 1 aromatic carbocycles. The number of halogens is 3. The molecule has 0 aliphatic heterocycles. The largest absolute Gasteiger partial charge is 0.491 e. The summed E-state index contributed by atoms with van der Waals surface area (Å²) in [4.78, 5) is -0.0131. The highest BCUT2D eigenvalue weighted by atomic mass is 79.9. The van der Waals surface area contributed by atoms with Crippen LogP contribution in [-0.2, 0) is 9.05 Å². The molecule has 0 heterocycles. The van der Waals surface area contributed by atoms with E-state index >= 15 is 0 Å². The zero-order valence-electron chi connectivity index (χ0n) is 11.5. The van der Waals surface area contributed by atoms with Crippen LogP contribution in [0.4, 0.5) is 0 Å². The Kier molecular flexibility index (Phi) is 6.54. The van der Waals surface area contributed by atoms with E-state index in [1.807, 2.05) is 13.8 Å². The fraction of sp³-hybridized carbons (Fsp3) is 0.462. The van der Waals surface area contributed by atoms with Gasteiger partial charge in [0.25, 0.3) is 9.05 Å². The Labute approximate surface area is 146 Å². The van der Waals surface area contributed by atoms with Crippen molar-refractivity contribution in [2.75, 3.05) is 6.61 Å². The lowest BCUT2D eigenvalue weighted by molar-refractivity contribution is 0.281. The van der Waals surface area contributed by atoms with Gasteiger partial charge in [-0.3, -0.25) is 0 Å². The summed E-state index contributed by atoms with van der Waals surface area (Å²) in [6.45, 7) is 4.17. The van der Waals surface area contributed by atoms with Gasteiger partial charge in [0.05, 0.1) is 31.9 Å². The van der Waals surface area contributed by atoms with Crippen LogP contribution in [0.15, 0.2) is 26.0 Å². The zero-order chi connectivity index (χ0) is 16.3. The summed E-state index contributed by atoms with van der Waals surface area (Å²) in [5.74, 6) is 0.508. The van der Waals surface area contributed by atoms with Crippen LogP contribution >= 0.6 is 42.5 Å². The first-order valence-electron chi connectivity index (χ1n) is 6.04. The summed E-state index contributed by atoms with van der Waals surface area (Å²) >= 11 is 6.53. The number of rotatable bonds is 6. The van der Waals surface area contributed by atoms with Gasteiger partial charge in [-0.15, -0.1) is 0 Å². The smallest absolute Gasteiger partial charge is 0.261 e. The van der Waals surface area contributed by atoms with Crippen LogP contribution in [-0.4, -0.2) is 15.0 Å². The highest BCUT2D eigenvalue weighted by Gasteiger charge is 2.18. The van der Waals surface area contributed by atoms with E-state index in [4.69, 9.17) is 20.7 Å². The average Bonchev–Trinajstić information content (AvgIpc) is 2.35. The van der Waals surface area contributed by atoms with Gasteiger partial charge < -0.3 is 4.74 Å². The van der Waals surface area contributed by atoms with Gasteiger partial charge >= 0.3 is 0 Å². The minimum atomic E-state index is -3.79. The van der Waals surface area contributed by atoms with Crippen molar-refractivity contribution in [2.45, 2.75) is 31.6 Å². The van der Waals surface area contributed by atoms with Gasteiger partial charge in [0.15, 0.2) is 0 Å². The first kappa shape index (κ1) is 18.8. The summed E-state index contributed by atoms with van der Waals surface area (Å²) < 4.78 is 29.2. The second-order valence-electron chi connectivity index (χ2n) is 5.10. The van der Waals surface area contributed by atoms with Crippen LogP contribution in [0, 0.1) is 16.7 Å². The fourth-order valence-electron chi connectivity index (χ4n) is 1.56. The molecular weight excluding hydrogens is 445 g/mol. The van der Waals surface area contributed by atoms with E-state index in [0.29, 0.717) is 27.7 Å². The van der Waals surface area contributed by atoms with E-state index in [2.05, 4.69) is 37.9 Å². The first-order valence-corrected chi connectivity index (χ1v) is 9.94. The Morgan fingerprint density at radius 1 is 1.33 bits per heavy atom. The summed E-state index contributed by atoms with van der Waals surface area (Å²) in [6, 6.07) is 5.01. The highest BCUT2D eigenvalue weighted by Crippen LogP contribution is 2.37. The molecule has 0 aliphatic rings. The third kappa shape index (κ3) is 5.78. The van der Waals surface area contributed by atoms with Crippen LogP contribution in [0.25, 0.3) is 0 Å². The predicted molar refractivity (Wildman–Crippen MR) is 89.0 cm³/mol. The molecule has 0 aromatic heterocycles. The minimum Gasteiger partial charge on any atom is -0.491 e. The Hall–Kier alpha value is -0.290. The maximum Gasteiger partial charge on any atom is 0.261 e. The Bertz CT molecular complexity index is 645. The third-order valence-electron chi connectivity index (χ3n) is 2.75. The molecule has 0 atom stereocenters. The summed E-state index contributed by atoms with van der Waals surface area (Å²) in [7, 11) is 1.52. The SMILES string of the molecule is CC(C)(C#N)CCCOc1c(Br)cc(S(=O)(=O)Cl)cc1Br. The van der Waals surface area contributed by atoms with Crippen LogP contribution in [0.5, 0.6) is 5.75 Å². The van der Waals surface area contributed by atoms with E-state index in [0.717, 1.165) is 6.42 Å². The number of benzene rings is 1. The van der Waals surface area contributed by atoms with E-state index in [1.54, 1.807) is 0 Å². The van der Waals surface area contributed by atoms with Gasteiger partial charge in [0.2, 0.25) is 0 Å². The van der Waals surface area contributed by atoms with Crippen molar-refractivity contribution in [1.29, 1.82) is 5.26 Å². The van der Waals surface area contributed by atoms with Crippen LogP contribution < -0.4 is 4.74 Å². The summed E-state index contributed by atoms with van der Waals surface area (Å²) in [5.41, 5.74) is -0.381. The van der Waals surface area contributed by atoms with Gasteiger partial charge in [-0.1, -0.05) is 0 Å². The molecule has 0 fully saturated rings. The Balaban J connectivity index is 2.76. The number of ether oxygens (including phenoxy) is 1. The lowest BCUT2D eigenvalue weighted by atomic mass is 9.90. The molecule has 116 valence electrons. The molecule has 0 saturated heterocycles. The van der Waals surface area contributed by atoms with Gasteiger partial charge in [-0.2, -0.15) is 5.26 Å². The van der Waals surface area contributed by atoms with Gasteiger partial charge in [0, 0.05) is 10.7 Å². The topological polar surface area (TPSA) is 67.2 Å². The van der Waals surface area contributed by atoms with E-state index in [-0.39, 0.29) is 10.3 Å². The minimum absolute atomic E-state index is 0.0131. The molecule has 8 heteroatoms. The van der Waals surface area contributed by atoms with E-state index < -0.39 is 9.05 Å². The first-order chi connectivity index (χ1) is 9.57. The molecule has 0 bridgehead atoms. The van der Waals surface area contributed by atoms with Crippen molar-refractivity contribution < 1.29 is 13.2 Å². The lowest BCUT2D eigenvalue weighted by Gasteiger charge is -2.16. The average molecular weight is 460 g/mol. The van der Waals surface area contributed by atoms with Crippen molar-refractivity contribution in [3.8, 4) is 11.8 Å². The van der Waals surface area contributed by atoms with Crippen LogP contribution in [0.2, 0.25) is 0 Å². The molecule has 0 spiro atoms. The van der Waals surface area contributed by atoms with Gasteiger partial charge in [-0.05, 0) is 70.7 Å². The quantitative estimate of drug-likeness (QED) is 0.451. The highest BCUT2D eigenvalue weighted by molar-refractivity contribution is 9.11. The standard InChI is InChI=1S/C13H14Br2ClNO3S/c1-13(2,8-17)4-3-5-20-12-10(14)6-9(7-11(12)15)21(16,18)19/h6-7H,3-5H2,1-2H3. The Morgan fingerprint density at radius 3 is 2.29 bits per heavy atom. The number of nitriles is 1. The van der Waals surface area contributed by atoms with Crippen molar-refractivity contribution in [3.05, 3.63) is 21.1 Å². The van der Waals surface area contributed by atoms with Crippen molar-refractivity contribution in [1.82, 2.24) is 0 Å². The molecule has 0 aliphatic carbocycles. The Morgan fingerprint density at radius 2 is 1.86 bits per heavy atom. The van der Waals surface area contributed by atoms with E-state index in [9.17, 15) is 8.42 Å². The second-order valence-corrected chi connectivity index (χ2v) is 9.38. The zero-order valence-corrected chi connectivity index (χ0v) is 16.2. The summed E-state index contributed by atoms with van der Waals surface area (Å²) in [6.07, 6.45) is 1.43. The van der Waals surface area contributed by atoms with Crippen molar-refractivity contribution >= 4 is 51.6 Å². The van der Waals surface area contributed by atoms with Crippen LogP contribution in [0.1, 0.15) is 26.7 Å². The second kappa shape index (κ2) is 7.32. The molecule has 0 saturated carbocycles. The van der Waals surface area contributed by atoms with Gasteiger partial charge in [0.1, 0.15) is 5.75 Å². The summed E-state index contributed by atoms with van der Waals surface area (Å²) in [5, 5.41) is 8.93. The van der Waals surface area contributed by atoms with Crippen LogP contribution in [0.3, 0.4) is 0 Å². The molecule has 1 rings (SSSR count). The molecular formula is C13H14Br2ClNO3S. The predicted octanol–water partition coefficient (Wildman–Crippen LogP) is 4.85. The molecule has 0 radical (unpaired) electrons. The third-order valence-corrected chi connectivity index (χ3v) is 5.26. The van der Waals surface area contributed by atoms with Crippen molar-refractivity contribution in [3.63, 3.8) is 0 Å². The maximum absolute atomic E-state index is 11.3. The molecule has 21 heavy (non-hydrogen) atoms. The molecule has 1 aromatic rings. The maximum atomic E-state index is 11.3. The molecule has 0 unspecified atom stereocenters. The van der Waals surface area contributed by atoms with Crippen molar-refractivity contribution in [2.24, 2.45) is 5.41 Å². The lowest BCUT2D eigenvalue weighted by Crippen LogP contribution is -2.10. The molecule has 4 nitrogen and oxygen atoms in total.